The van der Waals surface area contributed by atoms with Gasteiger partial charge in [-0.2, -0.15) is 0 Å². The average molecular weight is 346 g/mol. The average Bonchev–Trinajstić information content (AvgIpc) is 2.87. The summed E-state index contributed by atoms with van der Waals surface area (Å²) in [6.45, 7) is 1.94. The van der Waals surface area contributed by atoms with Crippen LogP contribution in [0, 0.1) is 0 Å². The smallest absolute Gasteiger partial charge is 0.357 e. The number of benzene rings is 1. The van der Waals surface area contributed by atoms with E-state index >= 15 is 0 Å². The van der Waals surface area contributed by atoms with Gasteiger partial charge in [-0.15, -0.1) is 11.3 Å². The van der Waals surface area contributed by atoms with Crippen LogP contribution in [-0.4, -0.2) is 26.0 Å². The molecule has 0 N–H and O–H groups in total. The second kappa shape index (κ2) is 6.55. The summed E-state index contributed by atoms with van der Waals surface area (Å²) in [6.07, 6.45) is 0. The normalized spacial score (nSPS) is 11.3. The van der Waals surface area contributed by atoms with E-state index in [-0.39, 0.29) is 22.9 Å². The number of carbonyl (C=O) groups excluding carboxylic acids is 1. The van der Waals surface area contributed by atoms with Crippen LogP contribution < -0.4 is 0 Å². The highest BCUT2D eigenvalue weighted by atomic mass is 35.5. The Bertz CT molecular complexity index is 738. The quantitative estimate of drug-likeness (QED) is 0.779. The third kappa shape index (κ3) is 4.03. The Kier molecular flexibility index (Phi) is 4.97. The van der Waals surface area contributed by atoms with Gasteiger partial charge in [0.15, 0.2) is 15.5 Å². The summed E-state index contributed by atoms with van der Waals surface area (Å²) >= 11 is 6.84. The van der Waals surface area contributed by atoms with Crippen LogP contribution in [0.3, 0.4) is 0 Å². The van der Waals surface area contributed by atoms with Gasteiger partial charge in [0, 0.05) is 10.4 Å². The Morgan fingerprint density at radius 3 is 2.62 bits per heavy atom. The second-order valence-corrected chi connectivity index (χ2v) is 7.43. The molecule has 0 unspecified atom stereocenters. The van der Waals surface area contributed by atoms with E-state index in [2.05, 4.69) is 4.98 Å². The van der Waals surface area contributed by atoms with Crippen LogP contribution in [0.2, 0.25) is 5.02 Å². The van der Waals surface area contributed by atoms with Crippen molar-refractivity contribution in [2.24, 2.45) is 0 Å². The molecule has 1 aromatic heterocycles. The predicted octanol–water partition coefficient (Wildman–Crippen LogP) is 2.95. The van der Waals surface area contributed by atoms with Crippen LogP contribution in [0.15, 0.2) is 34.5 Å². The van der Waals surface area contributed by atoms with Gasteiger partial charge in [-0.25, -0.2) is 18.2 Å². The van der Waals surface area contributed by atoms with Crippen LogP contribution in [0.25, 0.3) is 0 Å². The lowest BCUT2D eigenvalue weighted by atomic mass is 10.4. The molecule has 0 amide bonds. The molecule has 0 aliphatic heterocycles. The van der Waals surface area contributed by atoms with Crippen LogP contribution in [0.5, 0.6) is 0 Å². The number of sulfone groups is 1. The van der Waals surface area contributed by atoms with Crippen molar-refractivity contribution in [1.82, 2.24) is 4.98 Å². The van der Waals surface area contributed by atoms with Crippen LogP contribution >= 0.6 is 22.9 Å². The van der Waals surface area contributed by atoms with Crippen molar-refractivity contribution in [3.8, 4) is 0 Å². The maximum atomic E-state index is 12.2. The van der Waals surface area contributed by atoms with Crippen molar-refractivity contribution in [3.63, 3.8) is 0 Å². The fourth-order valence-electron chi connectivity index (χ4n) is 1.56. The largest absolute Gasteiger partial charge is 0.461 e. The predicted molar refractivity (Wildman–Crippen MR) is 80.4 cm³/mol. The van der Waals surface area contributed by atoms with Gasteiger partial charge in [-0.3, -0.25) is 0 Å². The standard InChI is InChI=1S/C13H12ClNO4S2/c1-2-19-13(16)11-7-20-12(15-11)8-21(17,18)10-5-3-9(14)4-6-10/h3-7H,2,8H2,1H3. The lowest BCUT2D eigenvalue weighted by Crippen LogP contribution is -2.07. The fraction of sp³-hybridized carbons (Fsp3) is 0.231. The van der Waals surface area contributed by atoms with E-state index in [1.54, 1.807) is 6.92 Å². The number of nitrogens with zero attached hydrogens (tertiary/aromatic N) is 1. The summed E-state index contributed by atoms with van der Waals surface area (Å²) in [5.41, 5.74) is 0.128. The van der Waals surface area contributed by atoms with Gasteiger partial charge >= 0.3 is 5.97 Å². The highest BCUT2D eigenvalue weighted by Crippen LogP contribution is 2.21. The number of hydrogen-bond acceptors (Lipinski definition) is 6. The molecular weight excluding hydrogens is 334 g/mol. The van der Waals surface area contributed by atoms with Gasteiger partial charge in [0.25, 0.3) is 0 Å². The minimum atomic E-state index is -3.52. The van der Waals surface area contributed by atoms with E-state index in [4.69, 9.17) is 16.3 Å². The number of carbonyl (C=O) groups is 1. The van der Waals surface area contributed by atoms with Gasteiger partial charge in [0.05, 0.1) is 11.5 Å². The van der Waals surface area contributed by atoms with Crippen molar-refractivity contribution in [3.05, 3.63) is 45.4 Å². The molecule has 0 bridgehead atoms. The molecule has 1 aromatic carbocycles. The zero-order chi connectivity index (χ0) is 15.5. The Morgan fingerprint density at radius 2 is 2.00 bits per heavy atom. The number of thiazole rings is 1. The van der Waals surface area contributed by atoms with Crippen molar-refractivity contribution < 1.29 is 17.9 Å². The molecular formula is C13H12ClNO4S2. The number of ether oxygens (including phenoxy) is 1. The Balaban J connectivity index is 2.17. The van der Waals surface area contributed by atoms with Gasteiger partial charge in [0.1, 0.15) is 10.8 Å². The van der Waals surface area contributed by atoms with Crippen molar-refractivity contribution in [1.29, 1.82) is 0 Å². The third-order valence-corrected chi connectivity index (χ3v) is 5.45. The molecule has 1 heterocycles. The molecule has 0 fully saturated rings. The van der Waals surface area contributed by atoms with Crippen molar-refractivity contribution in [2.75, 3.05) is 6.61 Å². The van der Waals surface area contributed by atoms with Crippen molar-refractivity contribution in [2.45, 2.75) is 17.6 Å². The molecule has 0 saturated heterocycles. The Labute approximate surface area is 131 Å². The van der Waals surface area contributed by atoms with Crippen LogP contribution in [-0.2, 0) is 20.3 Å². The highest BCUT2D eigenvalue weighted by molar-refractivity contribution is 7.90. The minimum Gasteiger partial charge on any atom is -0.461 e. The zero-order valence-corrected chi connectivity index (χ0v) is 13.5. The van der Waals surface area contributed by atoms with E-state index in [0.717, 1.165) is 11.3 Å². The third-order valence-electron chi connectivity index (χ3n) is 2.52. The van der Waals surface area contributed by atoms with Gasteiger partial charge in [-0.1, -0.05) is 11.6 Å². The maximum Gasteiger partial charge on any atom is 0.357 e. The molecule has 2 aromatic rings. The molecule has 0 saturated carbocycles. The van der Waals surface area contributed by atoms with Gasteiger partial charge < -0.3 is 4.74 Å². The monoisotopic (exact) mass is 345 g/mol. The summed E-state index contributed by atoms with van der Waals surface area (Å²) in [6, 6.07) is 5.91. The van der Waals surface area contributed by atoms with Gasteiger partial charge in [0.2, 0.25) is 0 Å². The molecule has 5 nitrogen and oxygen atoms in total. The number of hydrogen-bond donors (Lipinski definition) is 0. The first-order chi connectivity index (χ1) is 9.92. The Morgan fingerprint density at radius 1 is 1.33 bits per heavy atom. The number of halogens is 1. The van der Waals surface area contributed by atoms with E-state index in [0.29, 0.717) is 10.0 Å². The summed E-state index contributed by atoms with van der Waals surface area (Å²) in [5, 5.41) is 2.30. The lowest BCUT2D eigenvalue weighted by Gasteiger charge is -2.02. The summed E-state index contributed by atoms with van der Waals surface area (Å²) in [4.78, 5) is 15.7. The number of aromatic nitrogens is 1. The van der Waals surface area contributed by atoms with Crippen LogP contribution in [0.4, 0.5) is 0 Å². The van der Waals surface area contributed by atoms with E-state index in [1.165, 1.54) is 29.6 Å². The molecule has 0 aliphatic carbocycles. The first-order valence-corrected chi connectivity index (χ1v) is 8.93. The highest BCUT2D eigenvalue weighted by Gasteiger charge is 2.19. The second-order valence-electron chi connectivity index (χ2n) is 4.06. The first kappa shape index (κ1) is 15.9. The zero-order valence-electron chi connectivity index (χ0n) is 11.1. The first-order valence-electron chi connectivity index (χ1n) is 6.02. The molecule has 2 rings (SSSR count). The maximum absolute atomic E-state index is 12.2. The van der Waals surface area contributed by atoms with Crippen LogP contribution in [0.1, 0.15) is 22.4 Å². The molecule has 21 heavy (non-hydrogen) atoms. The number of rotatable bonds is 5. The molecule has 0 radical (unpaired) electrons. The van der Waals surface area contributed by atoms with Gasteiger partial charge in [-0.05, 0) is 31.2 Å². The van der Waals surface area contributed by atoms with E-state index in [1.807, 2.05) is 0 Å². The topological polar surface area (TPSA) is 73.3 Å². The summed E-state index contributed by atoms with van der Waals surface area (Å²) in [5.74, 6) is -0.817. The molecule has 0 atom stereocenters. The summed E-state index contributed by atoms with van der Waals surface area (Å²) in [7, 11) is -3.52. The Hall–Kier alpha value is -1.44. The SMILES string of the molecule is CCOC(=O)c1csc(CS(=O)(=O)c2ccc(Cl)cc2)n1. The number of esters is 1. The minimum absolute atomic E-state index is 0.128. The lowest BCUT2D eigenvalue weighted by molar-refractivity contribution is 0.0520. The molecule has 0 spiro atoms. The summed E-state index contributed by atoms with van der Waals surface area (Å²) < 4.78 is 29.3. The van der Waals surface area contributed by atoms with Crippen molar-refractivity contribution >= 4 is 38.7 Å². The molecule has 0 aliphatic rings. The van der Waals surface area contributed by atoms with E-state index in [9.17, 15) is 13.2 Å². The molecule has 112 valence electrons. The van der Waals surface area contributed by atoms with E-state index < -0.39 is 15.8 Å². The fourth-order valence-corrected chi connectivity index (χ4v) is 4.08. The molecule has 8 heteroatoms.